The van der Waals surface area contributed by atoms with Crippen LogP contribution < -0.4 is 15.5 Å². The summed E-state index contributed by atoms with van der Waals surface area (Å²) in [6, 6.07) is 9.89. The second-order valence-corrected chi connectivity index (χ2v) is 9.86. The van der Waals surface area contributed by atoms with Gasteiger partial charge in [0.1, 0.15) is 11.3 Å². The van der Waals surface area contributed by atoms with E-state index in [1.54, 1.807) is 16.9 Å². The summed E-state index contributed by atoms with van der Waals surface area (Å²) in [6.45, 7) is 0. The number of carbonyl (C=O) groups excluding carboxylic acids is 1. The maximum atomic E-state index is 12.8. The van der Waals surface area contributed by atoms with Crippen LogP contribution in [0.5, 0.6) is 0 Å². The molecule has 0 bridgehead atoms. The van der Waals surface area contributed by atoms with Gasteiger partial charge in [-0.25, -0.2) is 9.67 Å². The average molecular weight is 487 g/mol. The van der Waals surface area contributed by atoms with Crippen molar-refractivity contribution in [1.82, 2.24) is 40.5 Å². The number of aromatic amines is 1. The molecule has 11 nitrogen and oxygen atoms in total. The van der Waals surface area contributed by atoms with E-state index in [0.29, 0.717) is 23.5 Å². The molecular formula is C25H30N10O. The molecule has 1 aromatic carbocycles. The molecule has 2 aliphatic rings. The molecule has 11 heteroatoms. The van der Waals surface area contributed by atoms with Crippen molar-refractivity contribution in [3.05, 3.63) is 47.8 Å². The number of hydrogen-bond acceptors (Lipinski definition) is 8. The molecule has 0 aliphatic heterocycles. The summed E-state index contributed by atoms with van der Waals surface area (Å²) in [7, 11) is 3.88. The van der Waals surface area contributed by atoms with Gasteiger partial charge in [0, 0.05) is 55.6 Å². The lowest BCUT2D eigenvalue weighted by molar-refractivity contribution is 0.0926. The summed E-state index contributed by atoms with van der Waals surface area (Å²) in [5, 5.41) is 22.1. The highest BCUT2D eigenvalue weighted by atomic mass is 16.1. The van der Waals surface area contributed by atoms with E-state index in [1.165, 1.54) is 18.5 Å². The molecule has 6 rings (SSSR count). The van der Waals surface area contributed by atoms with Crippen molar-refractivity contribution in [3.8, 4) is 0 Å². The lowest BCUT2D eigenvalue weighted by atomic mass is 9.90. The molecule has 0 spiro atoms. The molecule has 3 heterocycles. The number of benzene rings is 1. The number of aromatic nitrogens is 7. The molecular weight excluding hydrogens is 456 g/mol. The number of nitrogens with one attached hydrogen (secondary N) is 3. The van der Waals surface area contributed by atoms with Crippen molar-refractivity contribution in [1.29, 1.82) is 0 Å². The lowest BCUT2D eigenvalue weighted by Crippen LogP contribution is -2.43. The van der Waals surface area contributed by atoms with Gasteiger partial charge in [-0.2, -0.15) is 10.1 Å². The maximum Gasteiger partial charge on any atom is 0.251 e. The van der Waals surface area contributed by atoms with E-state index >= 15 is 0 Å². The Morgan fingerprint density at radius 1 is 1.08 bits per heavy atom. The van der Waals surface area contributed by atoms with Crippen LogP contribution in [0.15, 0.2) is 36.5 Å². The SMILES string of the molecule is CN(c1nccc(Nc2cc(C3CC3)[nH]n2)n1)C1CCC(NC(=O)c2ccc3c(c2)nnn3C)CC1. The van der Waals surface area contributed by atoms with Gasteiger partial charge in [-0.1, -0.05) is 5.21 Å². The van der Waals surface area contributed by atoms with E-state index in [-0.39, 0.29) is 11.9 Å². The maximum absolute atomic E-state index is 12.8. The second kappa shape index (κ2) is 9.21. The van der Waals surface area contributed by atoms with Crippen molar-refractivity contribution in [2.45, 2.75) is 56.5 Å². The predicted molar refractivity (Wildman–Crippen MR) is 136 cm³/mol. The summed E-state index contributed by atoms with van der Waals surface area (Å²) < 4.78 is 1.70. The number of anilines is 3. The highest BCUT2D eigenvalue weighted by Gasteiger charge is 2.27. The fourth-order valence-electron chi connectivity index (χ4n) is 4.94. The van der Waals surface area contributed by atoms with Crippen molar-refractivity contribution in [2.75, 3.05) is 17.3 Å². The van der Waals surface area contributed by atoms with Crippen molar-refractivity contribution >= 4 is 34.5 Å². The first kappa shape index (κ1) is 22.4. The first-order valence-electron chi connectivity index (χ1n) is 12.5. The van der Waals surface area contributed by atoms with Crippen LogP contribution in [0.2, 0.25) is 0 Å². The lowest BCUT2D eigenvalue weighted by Gasteiger charge is -2.35. The molecule has 2 fully saturated rings. The fourth-order valence-corrected chi connectivity index (χ4v) is 4.94. The fraction of sp³-hybridized carbons (Fsp3) is 0.440. The molecule has 2 saturated carbocycles. The average Bonchev–Trinajstić information content (AvgIpc) is 3.54. The Labute approximate surface area is 208 Å². The molecule has 0 atom stereocenters. The second-order valence-electron chi connectivity index (χ2n) is 9.86. The molecule has 3 aromatic heterocycles. The Morgan fingerprint density at radius 2 is 1.92 bits per heavy atom. The Balaban J connectivity index is 1.04. The number of H-pyrrole nitrogens is 1. The molecule has 36 heavy (non-hydrogen) atoms. The number of amides is 1. The quantitative estimate of drug-likeness (QED) is 0.363. The molecule has 186 valence electrons. The molecule has 0 unspecified atom stereocenters. The standard InChI is InChI=1S/C25H30N10O/c1-34(25-26-12-11-22(29-25)28-23-14-19(30-32-23)15-3-4-15)18-8-6-17(7-9-18)27-24(36)16-5-10-21-20(13-16)31-33-35(21)2/h5,10-15,17-18H,3-4,6-9H2,1-2H3,(H,27,36)(H2,26,28,29,30,32). The van der Waals surface area contributed by atoms with Gasteiger partial charge >= 0.3 is 0 Å². The van der Waals surface area contributed by atoms with Crippen LogP contribution in [0.4, 0.5) is 17.6 Å². The summed E-state index contributed by atoms with van der Waals surface area (Å²) in [5.74, 6) is 2.75. The van der Waals surface area contributed by atoms with Crippen LogP contribution in [-0.2, 0) is 7.05 Å². The molecule has 0 saturated heterocycles. The Hall–Kier alpha value is -4.02. The van der Waals surface area contributed by atoms with Gasteiger partial charge in [-0.3, -0.25) is 9.89 Å². The third-order valence-electron chi connectivity index (χ3n) is 7.28. The van der Waals surface area contributed by atoms with E-state index in [1.807, 2.05) is 32.3 Å². The predicted octanol–water partition coefficient (Wildman–Crippen LogP) is 3.28. The van der Waals surface area contributed by atoms with Gasteiger partial charge in [-0.15, -0.1) is 5.10 Å². The number of carbonyl (C=O) groups is 1. The molecule has 4 aromatic rings. The summed E-state index contributed by atoms with van der Waals surface area (Å²) in [6.07, 6.45) is 7.96. The van der Waals surface area contributed by atoms with Crippen LogP contribution in [0.25, 0.3) is 11.0 Å². The van der Waals surface area contributed by atoms with Gasteiger partial charge in [-0.05, 0) is 62.8 Å². The number of aryl methyl sites for hydroxylation is 1. The minimum absolute atomic E-state index is 0.0651. The van der Waals surface area contributed by atoms with E-state index < -0.39 is 0 Å². The number of nitrogens with zero attached hydrogens (tertiary/aromatic N) is 7. The Kier molecular flexibility index (Phi) is 5.74. The molecule has 0 radical (unpaired) electrons. The zero-order chi connectivity index (χ0) is 24.6. The number of hydrogen-bond donors (Lipinski definition) is 3. The highest BCUT2D eigenvalue weighted by molar-refractivity contribution is 5.97. The van der Waals surface area contributed by atoms with Gasteiger partial charge in [0.15, 0.2) is 5.82 Å². The highest BCUT2D eigenvalue weighted by Crippen LogP contribution is 2.39. The summed E-state index contributed by atoms with van der Waals surface area (Å²) >= 11 is 0. The van der Waals surface area contributed by atoms with Crippen LogP contribution >= 0.6 is 0 Å². The largest absolute Gasteiger partial charge is 0.349 e. The van der Waals surface area contributed by atoms with Crippen molar-refractivity contribution < 1.29 is 4.79 Å². The molecule has 2 aliphatic carbocycles. The van der Waals surface area contributed by atoms with E-state index in [0.717, 1.165) is 48.4 Å². The van der Waals surface area contributed by atoms with E-state index in [4.69, 9.17) is 4.98 Å². The first-order valence-corrected chi connectivity index (χ1v) is 12.5. The van der Waals surface area contributed by atoms with Crippen LogP contribution in [0, 0.1) is 0 Å². The Morgan fingerprint density at radius 3 is 2.72 bits per heavy atom. The number of fused-ring (bicyclic) bond motifs is 1. The van der Waals surface area contributed by atoms with Crippen molar-refractivity contribution in [3.63, 3.8) is 0 Å². The third-order valence-corrected chi connectivity index (χ3v) is 7.28. The zero-order valence-electron chi connectivity index (χ0n) is 20.5. The van der Waals surface area contributed by atoms with Gasteiger partial charge in [0.25, 0.3) is 5.91 Å². The normalized spacial score (nSPS) is 19.8. The van der Waals surface area contributed by atoms with Crippen molar-refractivity contribution in [2.24, 2.45) is 7.05 Å². The smallest absolute Gasteiger partial charge is 0.251 e. The van der Waals surface area contributed by atoms with E-state index in [2.05, 4.69) is 47.1 Å². The monoisotopic (exact) mass is 486 g/mol. The molecule has 3 N–H and O–H groups in total. The Bertz CT molecular complexity index is 1380. The number of rotatable bonds is 7. The summed E-state index contributed by atoms with van der Waals surface area (Å²) in [5.41, 5.74) is 3.43. The molecule has 1 amide bonds. The zero-order valence-corrected chi connectivity index (χ0v) is 20.5. The minimum atomic E-state index is -0.0651. The van der Waals surface area contributed by atoms with Gasteiger partial charge in [0.2, 0.25) is 5.95 Å². The van der Waals surface area contributed by atoms with Crippen LogP contribution in [0.3, 0.4) is 0 Å². The first-order chi connectivity index (χ1) is 17.5. The topological polar surface area (TPSA) is 130 Å². The summed E-state index contributed by atoms with van der Waals surface area (Å²) in [4.78, 5) is 24.2. The van der Waals surface area contributed by atoms with Crippen LogP contribution in [0.1, 0.15) is 60.5 Å². The van der Waals surface area contributed by atoms with Crippen LogP contribution in [-0.4, -0.2) is 60.2 Å². The van der Waals surface area contributed by atoms with Gasteiger partial charge in [0.05, 0.1) is 5.52 Å². The minimum Gasteiger partial charge on any atom is -0.349 e. The third kappa shape index (κ3) is 4.60. The van der Waals surface area contributed by atoms with Gasteiger partial charge < -0.3 is 15.5 Å². The van der Waals surface area contributed by atoms with E-state index in [9.17, 15) is 4.79 Å².